The molecule has 3 N–H and O–H groups in total. The van der Waals surface area contributed by atoms with Crippen molar-refractivity contribution in [3.8, 4) is 0 Å². The number of aromatic nitrogens is 1. The normalized spacial score (nSPS) is 10.8. The van der Waals surface area contributed by atoms with Gasteiger partial charge in [0.15, 0.2) is 0 Å². The van der Waals surface area contributed by atoms with Crippen LogP contribution in [-0.2, 0) is 9.59 Å². The van der Waals surface area contributed by atoms with Crippen LogP contribution in [0.25, 0.3) is 17.0 Å². The molecule has 0 aliphatic rings. The largest absolute Gasteiger partial charge is 0.378 e. The van der Waals surface area contributed by atoms with Gasteiger partial charge in [0.25, 0.3) is 5.56 Å². The molecule has 2 aromatic carbocycles. The van der Waals surface area contributed by atoms with E-state index in [2.05, 4.69) is 15.6 Å². The molecule has 1 heterocycles. The maximum Gasteiger partial charge on any atom is 0.255 e. The number of para-hydroxylation sites is 1. The number of hydrogen-bond acceptors (Lipinski definition) is 4. The number of nitrogens with one attached hydrogen (secondary N) is 3. The molecule has 0 aliphatic heterocycles. The minimum absolute atomic E-state index is 0.174. The number of nitrogens with zero attached hydrogens (tertiary/aromatic N) is 1. The van der Waals surface area contributed by atoms with Crippen LogP contribution < -0.4 is 21.1 Å². The van der Waals surface area contributed by atoms with Crippen LogP contribution in [-0.4, -0.2) is 37.4 Å². The van der Waals surface area contributed by atoms with E-state index >= 15 is 0 Å². The van der Waals surface area contributed by atoms with E-state index in [-0.39, 0.29) is 18.0 Å². The van der Waals surface area contributed by atoms with Crippen molar-refractivity contribution in [2.75, 3.05) is 30.9 Å². The average molecular weight is 390 g/mol. The van der Waals surface area contributed by atoms with Gasteiger partial charge in [-0.3, -0.25) is 14.4 Å². The summed E-state index contributed by atoms with van der Waals surface area (Å²) in [5.74, 6) is -0.802. The van der Waals surface area contributed by atoms with Crippen molar-refractivity contribution in [1.82, 2.24) is 10.3 Å². The summed E-state index contributed by atoms with van der Waals surface area (Å²) in [5, 5.41) is 6.08. The number of fused-ring (bicyclic) bond motifs is 1. The van der Waals surface area contributed by atoms with Crippen LogP contribution in [0.3, 0.4) is 0 Å². The van der Waals surface area contributed by atoms with Gasteiger partial charge in [0, 0.05) is 42.6 Å². The lowest BCUT2D eigenvalue weighted by molar-refractivity contribution is -0.121. The van der Waals surface area contributed by atoms with Crippen molar-refractivity contribution in [1.29, 1.82) is 0 Å². The molecule has 0 spiro atoms. The second kappa shape index (κ2) is 8.88. The van der Waals surface area contributed by atoms with Gasteiger partial charge in [-0.25, -0.2) is 0 Å². The molecule has 3 rings (SSSR count). The molecule has 2 amide bonds. The molecule has 0 saturated heterocycles. The summed E-state index contributed by atoms with van der Waals surface area (Å²) < 4.78 is 0. The van der Waals surface area contributed by atoms with Gasteiger partial charge >= 0.3 is 0 Å². The van der Waals surface area contributed by atoms with Gasteiger partial charge < -0.3 is 20.5 Å². The van der Waals surface area contributed by atoms with E-state index < -0.39 is 5.91 Å². The molecule has 0 radical (unpaired) electrons. The lowest BCUT2D eigenvalue weighted by Crippen LogP contribution is -2.31. The molecule has 0 bridgehead atoms. The van der Waals surface area contributed by atoms with E-state index in [9.17, 15) is 14.4 Å². The second-order valence-corrected chi connectivity index (χ2v) is 6.68. The fourth-order valence-corrected chi connectivity index (χ4v) is 2.73. The lowest BCUT2D eigenvalue weighted by atomic mass is 10.1. The molecule has 7 nitrogen and oxygen atoms in total. The van der Waals surface area contributed by atoms with Crippen LogP contribution in [0.1, 0.15) is 5.56 Å². The zero-order valence-corrected chi connectivity index (χ0v) is 16.2. The lowest BCUT2D eigenvalue weighted by Gasteiger charge is -2.13. The Kier molecular flexibility index (Phi) is 6.09. The number of carbonyl (C=O) groups is 2. The summed E-state index contributed by atoms with van der Waals surface area (Å²) >= 11 is 0. The highest BCUT2D eigenvalue weighted by Crippen LogP contribution is 2.15. The van der Waals surface area contributed by atoms with Gasteiger partial charge in [0.1, 0.15) is 0 Å². The predicted octanol–water partition coefficient (Wildman–Crippen LogP) is 2.36. The topological polar surface area (TPSA) is 94.3 Å². The number of carbonyl (C=O) groups excluding carboxylic acids is 2. The van der Waals surface area contributed by atoms with E-state index in [1.807, 2.05) is 55.4 Å². The van der Waals surface area contributed by atoms with Gasteiger partial charge in [0.05, 0.1) is 6.54 Å². The minimum atomic E-state index is -0.462. The fraction of sp³-hybridized carbons (Fsp3) is 0.136. The number of aromatic amines is 1. The summed E-state index contributed by atoms with van der Waals surface area (Å²) in [6.45, 7) is -0.174. The fourth-order valence-electron chi connectivity index (χ4n) is 2.73. The van der Waals surface area contributed by atoms with Gasteiger partial charge in [-0.2, -0.15) is 0 Å². The molecule has 0 saturated carbocycles. The Morgan fingerprint density at radius 2 is 1.79 bits per heavy atom. The smallest absolute Gasteiger partial charge is 0.255 e. The van der Waals surface area contributed by atoms with Crippen LogP contribution in [0.2, 0.25) is 0 Å². The van der Waals surface area contributed by atoms with E-state index in [0.29, 0.717) is 11.3 Å². The Morgan fingerprint density at radius 1 is 1.07 bits per heavy atom. The molecule has 3 aromatic rings. The van der Waals surface area contributed by atoms with Crippen LogP contribution >= 0.6 is 0 Å². The summed E-state index contributed by atoms with van der Waals surface area (Å²) in [5.41, 5.74) is 2.48. The van der Waals surface area contributed by atoms with E-state index in [1.165, 1.54) is 12.2 Å². The molecular weight excluding hydrogens is 368 g/mol. The Balaban J connectivity index is 1.54. The Hall–Kier alpha value is -3.87. The van der Waals surface area contributed by atoms with Gasteiger partial charge in [-0.1, -0.05) is 18.2 Å². The molecule has 7 heteroatoms. The number of H-pyrrole nitrogens is 1. The van der Waals surface area contributed by atoms with Crippen molar-refractivity contribution >= 4 is 40.2 Å². The third-order valence-electron chi connectivity index (χ3n) is 4.29. The standard InChI is InChI=1S/C22H22N4O3/c1-26(2)18-10-8-17(9-11-18)24-21(28)14-23-20(27)12-7-16-13-15-5-3-4-6-19(15)25-22(16)29/h3-13H,14H2,1-2H3,(H,23,27)(H,24,28)(H,25,29)/b12-7+. The first-order chi connectivity index (χ1) is 13.9. The number of rotatable bonds is 6. The zero-order chi connectivity index (χ0) is 20.8. The van der Waals surface area contributed by atoms with Crippen LogP contribution in [0.4, 0.5) is 11.4 Å². The summed E-state index contributed by atoms with van der Waals surface area (Å²) in [6, 6.07) is 16.5. The number of hydrogen-bond donors (Lipinski definition) is 3. The molecular formula is C22H22N4O3. The summed E-state index contributed by atoms with van der Waals surface area (Å²) in [4.78, 5) is 40.8. The highest BCUT2D eigenvalue weighted by molar-refractivity contribution is 5.98. The van der Waals surface area contributed by atoms with Crippen LogP contribution in [0.5, 0.6) is 0 Å². The van der Waals surface area contributed by atoms with Gasteiger partial charge in [-0.05, 0) is 47.9 Å². The molecule has 0 atom stereocenters. The molecule has 1 aromatic heterocycles. The minimum Gasteiger partial charge on any atom is -0.378 e. The third kappa shape index (κ3) is 5.32. The maximum absolute atomic E-state index is 12.1. The molecule has 0 aliphatic carbocycles. The average Bonchev–Trinajstić information content (AvgIpc) is 2.71. The maximum atomic E-state index is 12.1. The van der Waals surface area contributed by atoms with E-state index in [1.54, 1.807) is 18.2 Å². The number of pyridine rings is 1. The second-order valence-electron chi connectivity index (χ2n) is 6.68. The Labute approximate surface area is 168 Å². The number of benzene rings is 2. The first-order valence-electron chi connectivity index (χ1n) is 9.07. The molecule has 148 valence electrons. The van der Waals surface area contributed by atoms with Crippen molar-refractivity contribution in [3.63, 3.8) is 0 Å². The molecule has 0 fully saturated rings. The summed E-state index contributed by atoms with van der Waals surface area (Å²) in [7, 11) is 3.87. The van der Waals surface area contributed by atoms with E-state index in [4.69, 9.17) is 0 Å². The third-order valence-corrected chi connectivity index (χ3v) is 4.29. The monoisotopic (exact) mass is 390 g/mol. The molecule has 29 heavy (non-hydrogen) atoms. The first kappa shape index (κ1) is 19.9. The van der Waals surface area contributed by atoms with Crippen LogP contribution in [0, 0.1) is 0 Å². The number of amides is 2. The quantitative estimate of drug-likeness (QED) is 0.563. The van der Waals surface area contributed by atoms with Crippen molar-refractivity contribution in [2.45, 2.75) is 0 Å². The zero-order valence-electron chi connectivity index (χ0n) is 16.2. The van der Waals surface area contributed by atoms with Crippen molar-refractivity contribution in [3.05, 3.63) is 76.6 Å². The molecule has 0 unspecified atom stereocenters. The van der Waals surface area contributed by atoms with Gasteiger partial charge in [-0.15, -0.1) is 0 Å². The highest BCUT2D eigenvalue weighted by atomic mass is 16.2. The Morgan fingerprint density at radius 3 is 2.52 bits per heavy atom. The van der Waals surface area contributed by atoms with Crippen LogP contribution in [0.15, 0.2) is 65.5 Å². The summed E-state index contributed by atoms with van der Waals surface area (Å²) in [6.07, 6.45) is 2.66. The number of anilines is 2. The highest BCUT2D eigenvalue weighted by Gasteiger charge is 2.05. The van der Waals surface area contributed by atoms with Crippen molar-refractivity contribution in [2.24, 2.45) is 0 Å². The van der Waals surface area contributed by atoms with E-state index in [0.717, 1.165) is 16.6 Å². The van der Waals surface area contributed by atoms with Gasteiger partial charge in [0.2, 0.25) is 11.8 Å². The SMILES string of the molecule is CN(C)c1ccc(NC(=O)CNC(=O)/C=C/c2cc3ccccc3[nH]c2=O)cc1. The predicted molar refractivity (Wildman–Crippen MR) is 116 cm³/mol. The van der Waals surface area contributed by atoms with Crippen molar-refractivity contribution < 1.29 is 9.59 Å². The first-order valence-corrected chi connectivity index (χ1v) is 9.07. The Bertz CT molecular complexity index is 1110.